The van der Waals surface area contributed by atoms with Crippen molar-refractivity contribution in [1.29, 1.82) is 0 Å². The Hall–Kier alpha value is -3.02. The Kier molecular flexibility index (Phi) is 4.62. The fourth-order valence-corrected chi connectivity index (χ4v) is 4.68. The largest absolute Gasteiger partial charge is 0.313 e. The summed E-state index contributed by atoms with van der Waals surface area (Å²) in [6.45, 7) is 3.87. The molecule has 3 aliphatic rings. The molecule has 0 aliphatic carbocycles. The van der Waals surface area contributed by atoms with Gasteiger partial charge in [0, 0.05) is 24.5 Å². The van der Waals surface area contributed by atoms with Crippen LogP contribution in [0.1, 0.15) is 17.0 Å². The van der Waals surface area contributed by atoms with Crippen molar-refractivity contribution in [2.75, 3.05) is 13.1 Å². The molecule has 0 unspecified atom stereocenters. The Morgan fingerprint density at radius 3 is 2.97 bits per heavy atom. The maximum Gasteiger partial charge on any atom is 0.255 e. The zero-order valence-corrected chi connectivity index (χ0v) is 17.0. The fraction of sp³-hybridized carbons (Fsp3) is 0.167. The van der Waals surface area contributed by atoms with Gasteiger partial charge in [0.1, 0.15) is 0 Å². The molecule has 0 saturated carbocycles. The number of hydrogen-bond acceptors (Lipinski definition) is 4. The summed E-state index contributed by atoms with van der Waals surface area (Å²) in [5, 5.41) is 4.38. The molecule has 29 heavy (non-hydrogen) atoms. The minimum Gasteiger partial charge on any atom is -0.313 e. The number of allylic oxidation sites excluding steroid dienone is 7. The van der Waals surface area contributed by atoms with Crippen LogP contribution in [0.25, 0.3) is 15.8 Å². The van der Waals surface area contributed by atoms with Crippen molar-refractivity contribution in [2.45, 2.75) is 13.3 Å². The molecule has 0 fully saturated rings. The lowest BCUT2D eigenvalue weighted by Crippen LogP contribution is -2.27. The van der Waals surface area contributed by atoms with Crippen LogP contribution in [0.4, 0.5) is 0 Å². The van der Waals surface area contributed by atoms with Crippen LogP contribution in [0.3, 0.4) is 0 Å². The number of hydrogen-bond donors (Lipinski definition) is 1. The smallest absolute Gasteiger partial charge is 0.255 e. The second kappa shape index (κ2) is 7.43. The first kappa shape index (κ1) is 18.0. The van der Waals surface area contributed by atoms with E-state index in [-0.39, 0.29) is 5.91 Å². The van der Waals surface area contributed by atoms with Gasteiger partial charge in [0.25, 0.3) is 5.91 Å². The lowest BCUT2D eigenvalue weighted by molar-refractivity contribution is -0.122. The third-order valence-corrected chi connectivity index (χ3v) is 6.24. The highest BCUT2D eigenvalue weighted by Gasteiger charge is 2.20. The summed E-state index contributed by atoms with van der Waals surface area (Å²) in [6, 6.07) is 6.18. The van der Waals surface area contributed by atoms with Gasteiger partial charge in [0.05, 0.1) is 15.2 Å². The zero-order valence-electron chi connectivity index (χ0n) is 16.2. The zero-order chi connectivity index (χ0) is 19.8. The molecule has 0 bridgehead atoms. The van der Waals surface area contributed by atoms with E-state index in [1.54, 1.807) is 22.3 Å². The van der Waals surface area contributed by atoms with Gasteiger partial charge in [-0.15, -0.1) is 11.3 Å². The number of aryl methyl sites for hydroxylation is 1. The predicted molar refractivity (Wildman–Crippen MR) is 119 cm³/mol. The Balaban J connectivity index is 1.51. The maximum absolute atomic E-state index is 13.1. The van der Waals surface area contributed by atoms with Crippen molar-refractivity contribution >= 4 is 33.0 Å². The standard InChI is InChI=1S/C24H21N3OS/c1-16-26-22-8-6-19(13-23(22)29-16)18-3-2-4-21-7-5-20(15-27(21)24(28)14-18)17-9-11-25-12-10-17/h2-9,13-15,25H,10-12H2,1H3/b3-2?,18-14?,21-4+. The molecule has 4 nitrogen and oxygen atoms in total. The van der Waals surface area contributed by atoms with E-state index < -0.39 is 0 Å². The highest BCUT2D eigenvalue weighted by atomic mass is 32.1. The minimum atomic E-state index is -0.0347. The fourth-order valence-electron chi connectivity index (χ4n) is 3.81. The van der Waals surface area contributed by atoms with Crippen molar-refractivity contribution < 1.29 is 4.79 Å². The second-order valence-electron chi connectivity index (χ2n) is 7.28. The molecular weight excluding hydrogens is 378 g/mol. The first-order valence-electron chi connectivity index (χ1n) is 9.78. The highest BCUT2D eigenvalue weighted by Crippen LogP contribution is 2.29. The summed E-state index contributed by atoms with van der Waals surface area (Å²) in [4.78, 5) is 19.4. The quantitative estimate of drug-likeness (QED) is 0.800. The maximum atomic E-state index is 13.1. The van der Waals surface area contributed by atoms with E-state index in [1.165, 1.54) is 5.57 Å². The molecule has 0 atom stereocenters. The summed E-state index contributed by atoms with van der Waals surface area (Å²) in [5.74, 6) is -0.0347. The van der Waals surface area contributed by atoms with Gasteiger partial charge in [-0.05, 0) is 66.5 Å². The van der Waals surface area contributed by atoms with Crippen LogP contribution in [0.15, 0.2) is 83.8 Å². The van der Waals surface area contributed by atoms with Crippen molar-refractivity contribution in [3.8, 4) is 0 Å². The van der Waals surface area contributed by atoms with Crippen molar-refractivity contribution in [1.82, 2.24) is 15.2 Å². The number of carbonyl (C=O) groups excluding carboxylic acids is 1. The second-order valence-corrected chi connectivity index (χ2v) is 8.51. The van der Waals surface area contributed by atoms with Crippen LogP contribution in [0, 0.1) is 6.92 Å². The average Bonchev–Trinajstić information content (AvgIpc) is 3.11. The Bertz CT molecular complexity index is 1190. The summed E-state index contributed by atoms with van der Waals surface area (Å²) in [5.41, 5.74) is 6.22. The summed E-state index contributed by atoms with van der Waals surface area (Å²) in [6.07, 6.45) is 17.0. The average molecular weight is 400 g/mol. The molecule has 2 aromatic rings. The number of fused-ring (bicyclic) bond motifs is 2. The molecule has 0 spiro atoms. The van der Waals surface area contributed by atoms with Crippen LogP contribution in [-0.4, -0.2) is 28.9 Å². The molecule has 1 aromatic heterocycles. The summed E-state index contributed by atoms with van der Waals surface area (Å²) < 4.78 is 1.14. The Labute approximate surface area is 173 Å². The third-order valence-electron chi connectivity index (χ3n) is 5.30. The molecule has 1 aromatic carbocycles. The number of thiazole rings is 1. The highest BCUT2D eigenvalue weighted by molar-refractivity contribution is 7.18. The number of carbonyl (C=O) groups is 1. The van der Waals surface area contributed by atoms with E-state index >= 15 is 0 Å². The van der Waals surface area contributed by atoms with Gasteiger partial charge in [-0.3, -0.25) is 9.69 Å². The normalized spacial score (nSPS) is 21.0. The van der Waals surface area contributed by atoms with Crippen LogP contribution in [0.2, 0.25) is 0 Å². The molecule has 4 heterocycles. The van der Waals surface area contributed by atoms with Crippen LogP contribution >= 0.6 is 11.3 Å². The first-order valence-corrected chi connectivity index (χ1v) is 10.6. The van der Waals surface area contributed by atoms with Crippen LogP contribution < -0.4 is 5.32 Å². The third kappa shape index (κ3) is 3.55. The number of amides is 1. The van der Waals surface area contributed by atoms with Gasteiger partial charge >= 0.3 is 0 Å². The van der Waals surface area contributed by atoms with Gasteiger partial charge in [0.15, 0.2) is 0 Å². The number of nitrogens with one attached hydrogen (secondary N) is 1. The molecule has 0 radical (unpaired) electrons. The van der Waals surface area contributed by atoms with Gasteiger partial charge in [-0.1, -0.05) is 30.4 Å². The van der Waals surface area contributed by atoms with Gasteiger partial charge in [0.2, 0.25) is 0 Å². The summed E-state index contributed by atoms with van der Waals surface area (Å²) in [7, 11) is 0. The van der Waals surface area contributed by atoms with E-state index in [1.807, 2.05) is 49.6 Å². The molecule has 1 amide bonds. The molecule has 3 aliphatic heterocycles. The monoisotopic (exact) mass is 399 g/mol. The number of rotatable bonds is 2. The summed E-state index contributed by atoms with van der Waals surface area (Å²) >= 11 is 1.68. The van der Waals surface area contributed by atoms with Gasteiger partial charge in [-0.25, -0.2) is 4.98 Å². The molecule has 1 N–H and O–H groups in total. The molecule has 0 saturated heterocycles. The lowest BCUT2D eigenvalue weighted by atomic mass is 9.97. The first-order chi connectivity index (χ1) is 14.2. The van der Waals surface area contributed by atoms with E-state index in [0.29, 0.717) is 0 Å². The Morgan fingerprint density at radius 2 is 2.10 bits per heavy atom. The van der Waals surface area contributed by atoms with E-state index in [0.717, 1.165) is 57.1 Å². The topological polar surface area (TPSA) is 45.2 Å². The molecular formula is C24H21N3OS. The van der Waals surface area contributed by atoms with E-state index in [4.69, 9.17) is 0 Å². The van der Waals surface area contributed by atoms with Crippen LogP contribution in [0.5, 0.6) is 0 Å². The number of nitrogens with zero attached hydrogens (tertiary/aromatic N) is 2. The van der Waals surface area contributed by atoms with E-state index in [2.05, 4.69) is 28.5 Å². The van der Waals surface area contributed by atoms with Crippen LogP contribution in [-0.2, 0) is 4.79 Å². The van der Waals surface area contributed by atoms with Crippen molar-refractivity contribution in [3.63, 3.8) is 0 Å². The lowest BCUT2D eigenvalue weighted by Gasteiger charge is -2.26. The SMILES string of the molecule is Cc1nc2ccc(C3=CC(=O)N4C=C(C5=CCNCC5)C=C/C4=C\C=C3)cc2s1. The number of benzene rings is 1. The molecule has 5 heteroatoms. The van der Waals surface area contributed by atoms with Crippen molar-refractivity contribution in [3.05, 3.63) is 94.3 Å². The minimum absolute atomic E-state index is 0.0347. The molecule has 5 rings (SSSR count). The number of aromatic nitrogens is 1. The molecule has 144 valence electrons. The Morgan fingerprint density at radius 1 is 1.17 bits per heavy atom. The van der Waals surface area contributed by atoms with Gasteiger partial charge < -0.3 is 5.32 Å². The predicted octanol–water partition coefficient (Wildman–Crippen LogP) is 4.64. The van der Waals surface area contributed by atoms with E-state index in [9.17, 15) is 4.79 Å². The van der Waals surface area contributed by atoms with Crippen molar-refractivity contribution in [2.24, 2.45) is 0 Å². The van der Waals surface area contributed by atoms with Gasteiger partial charge in [-0.2, -0.15) is 0 Å².